The molecule has 5 heteroatoms. The molecule has 0 aliphatic carbocycles. The summed E-state index contributed by atoms with van der Waals surface area (Å²) in [7, 11) is 0. The maximum Gasteiger partial charge on any atom is 0.141 e. The van der Waals surface area contributed by atoms with Crippen molar-refractivity contribution < 1.29 is 18.3 Å². The van der Waals surface area contributed by atoms with E-state index in [-0.39, 0.29) is 16.3 Å². The van der Waals surface area contributed by atoms with Crippen molar-refractivity contribution in [2.45, 2.75) is 13.0 Å². The standard InChI is InChI=1S/C16H11ClF2O2/c1-8-12-7-10(18)3-5-14(12)21-16(8)15(20)11-4-2-9(17)6-13(11)19/h2-7,15,20H,1H3. The quantitative estimate of drug-likeness (QED) is 0.741. The first-order valence-electron chi connectivity index (χ1n) is 6.29. The molecule has 1 unspecified atom stereocenters. The van der Waals surface area contributed by atoms with Gasteiger partial charge in [-0.25, -0.2) is 8.78 Å². The Hall–Kier alpha value is -1.91. The number of aryl methyl sites for hydroxylation is 1. The van der Waals surface area contributed by atoms with E-state index in [0.717, 1.165) is 6.07 Å². The van der Waals surface area contributed by atoms with Gasteiger partial charge >= 0.3 is 0 Å². The minimum atomic E-state index is -1.28. The zero-order valence-electron chi connectivity index (χ0n) is 11.0. The van der Waals surface area contributed by atoms with Gasteiger partial charge in [-0.2, -0.15) is 0 Å². The van der Waals surface area contributed by atoms with Crippen molar-refractivity contribution in [2.24, 2.45) is 0 Å². The highest BCUT2D eigenvalue weighted by atomic mass is 35.5. The highest BCUT2D eigenvalue weighted by Crippen LogP contribution is 2.34. The molecular weight excluding hydrogens is 298 g/mol. The van der Waals surface area contributed by atoms with Crippen molar-refractivity contribution in [3.8, 4) is 0 Å². The summed E-state index contributed by atoms with van der Waals surface area (Å²) in [6.07, 6.45) is -1.28. The van der Waals surface area contributed by atoms with Gasteiger partial charge in [0.05, 0.1) is 0 Å². The van der Waals surface area contributed by atoms with Crippen molar-refractivity contribution in [1.29, 1.82) is 0 Å². The first-order valence-corrected chi connectivity index (χ1v) is 6.66. The first-order chi connectivity index (χ1) is 9.97. The van der Waals surface area contributed by atoms with Gasteiger partial charge in [0.15, 0.2) is 0 Å². The van der Waals surface area contributed by atoms with Crippen LogP contribution in [-0.4, -0.2) is 5.11 Å². The molecule has 0 amide bonds. The highest BCUT2D eigenvalue weighted by Gasteiger charge is 2.22. The Balaban J connectivity index is 2.13. The largest absolute Gasteiger partial charge is 0.458 e. The van der Waals surface area contributed by atoms with Gasteiger partial charge in [0.1, 0.15) is 29.1 Å². The normalized spacial score (nSPS) is 12.8. The van der Waals surface area contributed by atoms with Crippen molar-refractivity contribution in [3.63, 3.8) is 0 Å². The lowest BCUT2D eigenvalue weighted by molar-refractivity contribution is 0.186. The summed E-state index contributed by atoms with van der Waals surface area (Å²) in [4.78, 5) is 0. The third-order valence-electron chi connectivity index (χ3n) is 3.44. The van der Waals surface area contributed by atoms with Gasteiger partial charge in [-0.3, -0.25) is 0 Å². The number of rotatable bonds is 2. The molecule has 1 heterocycles. The molecule has 0 saturated carbocycles. The molecule has 0 spiro atoms. The molecule has 0 bridgehead atoms. The summed E-state index contributed by atoms with van der Waals surface area (Å²) in [6, 6.07) is 8.08. The predicted molar refractivity (Wildman–Crippen MR) is 76.4 cm³/mol. The van der Waals surface area contributed by atoms with Crippen LogP contribution in [0.5, 0.6) is 0 Å². The number of fused-ring (bicyclic) bond motifs is 1. The fourth-order valence-corrected chi connectivity index (χ4v) is 2.50. The molecular formula is C16H11ClF2O2. The molecule has 2 nitrogen and oxygen atoms in total. The van der Waals surface area contributed by atoms with Crippen LogP contribution < -0.4 is 0 Å². The van der Waals surface area contributed by atoms with E-state index >= 15 is 0 Å². The minimum Gasteiger partial charge on any atom is -0.458 e. The van der Waals surface area contributed by atoms with Crippen LogP contribution in [0.3, 0.4) is 0 Å². The van der Waals surface area contributed by atoms with E-state index in [0.29, 0.717) is 16.5 Å². The SMILES string of the molecule is Cc1c(C(O)c2ccc(Cl)cc2F)oc2ccc(F)cc12. The van der Waals surface area contributed by atoms with Crippen LogP contribution in [-0.2, 0) is 0 Å². The van der Waals surface area contributed by atoms with E-state index in [4.69, 9.17) is 16.0 Å². The van der Waals surface area contributed by atoms with Gasteiger partial charge in [0, 0.05) is 21.5 Å². The number of aliphatic hydroxyl groups is 1. The van der Waals surface area contributed by atoms with Crippen molar-refractivity contribution >= 4 is 22.6 Å². The molecule has 3 rings (SSSR count). The van der Waals surface area contributed by atoms with Crippen LogP contribution in [0.1, 0.15) is 23.0 Å². The van der Waals surface area contributed by atoms with E-state index < -0.39 is 17.7 Å². The molecule has 108 valence electrons. The third-order valence-corrected chi connectivity index (χ3v) is 3.68. The Kier molecular flexibility index (Phi) is 3.43. The maximum atomic E-state index is 13.9. The molecule has 3 aromatic rings. The summed E-state index contributed by atoms with van der Waals surface area (Å²) >= 11 is 5.69. The average Bonchev–Trinajstić information content (AvgIpc) is 2.75. The van der Waals surface area contributed by atoms with E-state index in [1.807, 2.05) is 0 Å². The van der Waals surface area contributed by atoms with Gasteiger partial charge in [0.25, 0.3) is 0 Å². The zero-order chi connectivity index (χ0) is 15.1. The van der Waals surface area contributed by atoms with Gasteiger partial charge in [-0.15, -0.1) is 0 Å². The Labute approximate surface area is 124 Å². The molecule has 1 aromatic heterocycles. The lowest BCUT2D eigenvalue weighted by atomic mass is 10.0. The van der Waals surface area contributed by atoms with Crippen LogP contribution in [0.2, 0.25) is 5.02 Å². The first kappa shape index (κ1) is 14.0. The van der Waals surface area contributed by atoms with Crippen LogP contribution in [0.15, 0.2) is 40.8 Å². The smallest absolute Gasteiger partial charge is 0.141 e. The van der Waals surface area contributed by atoms with Gasteiger partial charge in [-0.1, -0.05) is 17.7 Å². The number of aliphatic hydroxyl groups excluding tert-OH is 1. The van der Waals surface area contributed by atoms with Crippen molar-refractivity contribution in [3.05, 3.63) is 69.9 Å². The van der Waals surface area contributed by atoms with Crippen molar-refractivity contribution in [1.82, 2.24) is 0 Å². The van der Waals surface area contributed by atoms with Crippen LogP contribution >= 0.6 is 11.6 Å². The van der Waals surface area contributed by atoms with E-state index in [2.05, 4.69) is 0 Å². The average molecular weight is 309 g/mol. The summed E-state index contributed by atoms with van der Waals surface area (Å²) in [5.41, 5.74) is 1.07. The predicted octanol–water partition coefficient (Wildman–Crippen LogP) is 4.75. The molecule has 2 aromatic carbocycles. The Morgan fingerprint density at radius 1 is 1.14 bits per heavy atom. The summed E-state index contributed by atoms with van der Waals surface area (Å²) in [5.74, 6) is -0.831. The molecule has 0 radical (unpaired) electrons. The molecule has 1 N–H and O–H groups in total. The minimum absolute atomic E-state index is 0.0574. The molecule has 1 atom stereocenters. The monoisotopic (exact) mass is 308 g/mol. The van der Waals surface area contributed by atoms with E-state index in [1.165, 1.54) is 30.3 Å². The maximum absolute atomic E-state index is 13.9. The number of hydrogen-bond acceptors (Lipinski definition) is 2. The topological polar surface area (TPSA) is 33.4 Å². The van der Waals surface area contributed by atoms with Gasteiger partial charge < -0.3 is 9.52 Å². The lowest BCUT2D eigenvalue weighted by Crippen LogP contribution is -2.02. The Morgan fingerprint density at radius 2 is 1.90 bits per heavy atom. The Morgan fingerprint density at radius 3 is 2.62 bits per heavy atom. The lowest BCUT2D eigenvalue weighted by Gasteiger charge is -2.10. The number of halogens is 3. The van der Waals surface area contributed by atoms with Crippen molar-refractivity contribution in [2.75, 3.05) is 0 Å². The Bertz CT molecular complexity index is 827. The summed E-state index contributed by atoms with van der Waals surface area (Å²) in [6.45, 7) is 1.69. The molecule has 0 aliphatic rings. The van der Waals surface area contributed by atoms with Crippen LogP contribution in [0, 0.1) is 18.6 Å². The number of hydrogen-bond donors (Lipinski definition) is 1. The van der Waals surface area contributed by atoms with E-state index in [1.54, 1.807) is 6.92 Å². The molecule has 0 fully saturated rings. The number of furan rings is 1. The number of benzene rings is 2. The fourth-order valence-electron chi connectivity index (χ4n) is 2.34. The summed E-state index contributed by atoms with van der Waals surface area (Å²) < 4.78 is 32.7. The fraction of sp³-hybridized carbons (Fsp3) is 0.125. The van der Waals surface area contributed by atoms with Gasteiger partial charge in [-0.05, 0) is 37.3 Å². The van der Waals surface area contributed by atoms with E-state index in [9.17, 15) is 13.9 Å². The second kappa shape index (κ2) is 5.13. The second-order valence-electron chi connectivity index (χ2n) is 4.80. The van der Waals surface area contributed by atoms with Crippen LogP contribution in [0.4, 0.5) is 8.78 Å². The second-order valence-corrected chi connectivity index (χ2v) is 5.24. The molecule has 0 saturated heterocycles. The van der Waals surface area contributed by atoms with Gasteiger partial charge in [0.2, 0.25) is 0 Å². The zero-order valence-corrected chi connectivity index (χ0v) is 11.8. The molecule has 0 aliphatic heterocycles. The highest BCUT2D eigenvalue weighted by molar-refractivity contribution is 6.30. The van der Waals surface area contributed by atoms with Crippen LogP contribution in [0.25, 0.3) is 11.0 Å². The summed E-state index contributed by atoms with van der Waals surface area (Å²) in [5, 5.41) is 11.1. The third kappa shape index (κ3) is 2.41. The molecule has 21 heavy (non-hydrogen) atoms.